The van der Waals surface area contributed by atoms with Crippen LogP contribution in [-0.4, -0.2) is 0 Å². The number of fused-ring (bicyclic) bond motifs is 6. The highest BCUT2D eigenvalue weighted by molar-refractivity contribution is 6.09. The first-order chi connectivity index (χ1) is 23.9. The zero-order valence-corrected chi connectivity index (χ0v) is 28.2. The largest absolute Gasteiger partial charge is 0.455 e. The van der Waals surface area contributed by atoms with Gasteiger partial charge in [-0.15, -0.1) is 0 Å². The van der Waals surface area contributed by atoms with E-state index in [1.54, 1.807) is 0 Å². The van der Waals surface area contributed by atoms with Gasteiger partial charge in [0.2, 0.25) is 0 Å². The lowest BCUT2D eigenvalue weighted by Crippen LogP contribution is -2.28. The summed E-state index contributed by atoms with van der Waals surface area (Å²) in [5.41, 5.74) is 15.8. The third-order valence-corrected chi connectivity index (χ3v) is 11.1. The normalized spacial score (nSPS) is 14.4. The molecular formula is C48H38O. The van der Waals surface area contributed by atoms with Gasteiger partial charge in [-0.25, -0.2) is 0 Å². The van der Waals surface area contributed by atoms with E-state index in [1.807, 2.05) is 6.07 Å². The molecule has 236 valence electrons. The summed E-state index contributed by atoms with van der Waals surface area (Å²) in [6.07, 6.45) is 0.875. The Kier molecular flexibility index (Phi) is 6.74. The second-order valence-electron chi connectivity index (χ2n) is 14.3. The van der Waals surface area contributed by atoms with Gasteiger partial charge in [-0.05, 0) is 68.1 Å². The van der Waals surface area contributed by atoms with Gasteiger partial charge in [0.1, 0.15) is 11.2 Å². The van der Waals surface area contributed by atoms with Gasteiger partial charge in [-0.2, -0.15) is 0 Å². The molecule has 7 aromatic carbocycles. The zero-order valence-electron chi connectivity index (χ0n) is 28.2. The molecule has 0 aliphatic heterocycles. The molecule has 49 heavy (non-hydrogen) atoms. The average Bonchev–Trinajstić information content (AvgIpc) is 3.65. The molecule has 0 spiro atoms. The Balaban J connectivity index is 1.19. The molecule has 0 N–H and O–H groups in total. The van der Waals surface area contributed by atoms with Gasteiger partial charge in [0, 0.05) is 27.2 Å². The minimum absolute atomic E-state index is 0.0602. The molecule has 0 fully saturated rings. The van der Waals surface area contributed by atoms with E-state index < -0.39 is 0 Å². The lowest BCUT2D eigenvalue weighted by molar-refractivity contribution is 0.567. The Bertz CT molecular complexity index is 2480. The van der Waals surface area contributed by atoms with Crippen LogP contribution in [0, 0.1) is 0 Å². The van der Waals surface area contributed by atoms with E-state index in [0.29, 0.717) is 0 Å². The standard InChI is InChI=1S/C48H38O/c1-47(2)41-19-9-7-16-40(41)45-42(47)20-12-21-43(45)48(3,31-32-23-25-34(26-24-32)33-13-5-4-6-14-33)36-29-27-35(28-30-36)37-17-11-18-39-38-15-8-10-22-44(38)49-46(37)39/h4-30H,31H2,1-3H3. The number of rotatable bonds is 6. The van der Waals surface area contributed by atoms with E-state index in [1.165, 1.54) is 50.1 Å². The Morgan fingerprint density at radius 1 is 0.510 bits per heavy atom. The maximum Gasteiger partial charge on any atom is 0.143 e. The second kappa shape index (κ2) is 11.2. The first-order valence-corrected chi connectivity index (χ1v) is 17.3. The predicted octanol–water partition coefficient (Wildman–Crippen LogP) is 12.8. The van der Waals surface area contributed by atoms with Crippen molar-refractivity contribution in [1.82, 2.24) is 0 Å². The van der Waals surface area contributed by atoms with E-state index in [2.05, 4.69) is 178 Å². The highest BCUT2D eigenvalue weighted by atomic mass is 16.3. The van der Waals surface area contributed by atoms with Crippen LogP contribution in [0.15, 0.2) is 168 Å². The maximum atomic E-state index is 6.43. The minimum Gasteiger partial charge on any atom is -0.455 e. The number of hydrogen-bond donors (Lipinski definition) is 0. The zero-order chi connectivity index (χ0) is 33.2. The summed E-state index contributed by atoms with van der Waals surface area (Å²) in [5, 5.41) is 2.31. The summed E-state index contributed by atoms with van der Waals surface area (Å²) in [4.78, 5) is 0. The van der Waals surface area contributed by atoms with Gasteiger partial charge in [0.05, 0.1) is 0 Å². The Labute approximate surface area is 288 Å². The molecule has 1 aliphatic carbocycles. The summed E-state index contributed by atoms with van der Waals surface area (Å²) < 4.78 is 6.43. The van der Waals surface area contributed by atoms with Crippen LogP contribution in [0.25, 0.3) is 55.3 Å². The SMILES string of the molecule is CC1(C)c2ccccc2-c2c1cccc2C(C)(Cc1ccc(-c2ccccc2)cc1)c1ccc(-c2cccc3c2oc2ccccc23)cc1. The molecule has 1 nitrogen and oxygen atoms in total. The van der Waals surface area contributed by atoms with Crippen molar-refractivity contribution in [2.45, 2.75) is 38.0 Å². The van der Waals surface area contributed by atoms with Crippen molar-refractivity contribution in [3.8, 4) is 33.4 Å². The highest BCUT2D eigenvalue weighted by Crippen LogP contribution is 2.53. The van der Waals surface area contributed by atoms with Gasteiger partial charge in [0.15, 0.2) is 0 Å². The van der Waals surface area contributed by atoms with Crippen LogP contribution in [0.3, 0.4) is 0 Å². The van der Waals surface area contributed by atoms with E-state index in [0.717, 1.165) is 39.5 Å². The van der Waals surface area contributed by atoms with E-state index >= 15 is 0 Å². The van der Waals surface area contributed by atoms with Gasteiger partial charge in [-0.1, -0.05) is 178 Å². The molecule has 1 heteroatoms. The third-order valence-electron chi connectivity index (χ3n) is 11.1. The van der Waals surface area contributed by atoms with Crippen molar-refractivity contribution >= 4 is 21.9 Å². The molecule has 0 bridgehead atoms. The van der Waals surface area contributed by atoms with Crippen LogP contribution in [0.5, 0.6) is 0 Å². The third kappa shape index (κ3) is 4.68. The molecule has 8 aromatic rings. The van der Waals surface area contributed by atoms with E-state index in [-0.39, 0.29) is 10.8 Å². The summed E-state index contributed by atoms with van der Waals surface area (Å²) >= 11 is 0. The van der Waals surface area contributed by atoms with Crippen molar-refractivity contribution in [3.05, 3.63) is 192 Å². The van der Waals surface area contributed by atoms with Crippen LogP contribution in [-0.2, 0) is 17.3 Å². The molecule has 1 atom stereocenters. The monoisotopic (exact) mass is 630 g/mol. The molecule has 0 radical (unpaired) electrons. The molecule has 9 rings (SSSR count). The summed E-state index contributed by atoms with van der Waals surface area (Å²) in [5.74, 6) is 0. The van der Waals surface area contributed by atoms with E-state index in [4.69, 9.17) is 4.42 Å². The minimum atomic E-state index is -0.295. The summed E-state index contributed by atoms with van der Waals surface area (Å²) in [6, 6.07) is 59.9. The number of furan rings is 1. The fourth-order valence-electron chi connectivity index (χ4n) is 8.41. The molecule has 0 saturated heterocycles. The first-order valence-electron chi connectivity index (χ1n) is 17.3. The van der Waals surface area contributed by atoms with Crippen molar-refractivity contribution < 1.29 is 4.42 Å². The fourth-order valence-corrected chi connectivity index (χ4v) is 8.41. The topological polar surface area (TPSA) is 13.1 Å². The van der Waals surface area contributed by atoms with Crippen LogP contribution >= 0.6 is 0 Å². The number of para-hydroxylation sites is 2. The smallest absolute Gasteiger partial charge is 0.143 e. The molecule has 1 aromatic heterocycles. The molecule has 1 heterocycles. The average molecular weight is 631 g/mol. The Morgan fingerprint density at radius 3 is 1.94 bits per heavy atom. The van der Waals surface area contributed by atoms with Crippen LogP contribution in [0.4, 0.5) is 0 Å². The molecular weight excluding hydrogens is 593 g/mol. The van der Waals surface area contributed by atoms with Crippen LogP contribution < -0.4 is 0 Å². The Morgan fingerprint density at radius 2 is 1.12 bits per heavy atom. The van der Waals surface area contributed by atoms with E-state index in [9.17, 15) is 0 Å². The molecule has 1 aliphatic rings. The van der Waals surface area contributed by atoms with Crippen molar-refractivity contribution in [2.24, 2.45) is 0 Å². The quantitative estimate of drug-likeness (QED) is 0.178. The van der Waals surface area contributed by atoms with Gasteiger partial charge in [-0.3, -0.25) is 0 Å². The van der Waals surface area contributed by atoms with Crippen molar-refractivity contribution in [3.63, 3.8) is 0 Å². The molecule has 0 amide bonds. The van der Waals surface area contributed by atoms with Gasteiger partial charge in [0.25, 0.3) is 0 Å². The second-order valence-corrected chi connectivity index (χ2v) is 14.3. The fraction of sp³-hybridized carbons (Fsp3) is 0.125. The highest BCUT2D eigenvalue weighted by Gasteiger charge is 2.41. The lowest BCUT2D eigenvalue weighted by Gasteiger charge is -2.34. The lowest BCUT2D eigenvalue weighted by atomic mass is 9.69. The Hall–Kier alpha value is -5.66. The number of hydrogen-bond acceptors (Lipinski definition) is 1. The van der Waals surface area contributed by atoms with Crippen molar-refractivity contribution in [1.29, 1.82) is 0 Å². The predicted molar refractivity (Wildman–Crippen MR) is 205 cm³/mol. The maximum absolute atomic E-state index is 6.43. The van der Waals surface area contributed by atoms with Crippen molar-refractivity contribution in [2.75, 3.05) is 0 Å². The van der Waals surface area contributed by atoms with Gasteiger partial charge < -0.3 is 4.42 Å². The molecule has 0 saturated carbocycles. The first kappa shape index (κ1) is 29.5. The van der Waals surface area contributed by atoms with Crippen LogP contribution in [0.2, 0.25) is 0 Å². The summed E-state index contributed by atoms with van der Waals surface area (Å²) in [6.45, 7) is 7.18. The molecule has 1 unspecified atom stereocenters. The van der Waals surface area contributed by atoms with Crippen LogP contribution in [0.1, 0.15) is 48.6 Å². The number of benzene rings is 7. The summed E-state index contributed by atoms with van der Waals surface area (Å²) in [7, 11) is 0. The van der Waals surface area contributed by atoms with Gasteiger partial charge >= 0.3 is 0 Å².